The van der Waals surface area contributed by atoms with Gasteiger partial charge in [0.2, 0.25) is 5.91 Å². The average Bonchev–Trinajstić information content (AvgIpc) is 3.12. The van der Waals surface area contributed by atoms with Gasteiger partial charge in [0.25, 0.3) is 0 Å². The van der Waals surface area contributed by atoms with Crippen LogP contribution in [0.3, 0.4) is 0 Å². The number of nitrogens with zero attached hydrogens (tertiary/aromatic N) is 4. The molecule has 4 rings (SSSR count). The highest BCUT2D eigenvalue weighted by Gasteiger charge is 2.22. The van der Waals surface area contributed by atoms with Gasteiger partial charge in [0.05, 0.1) is 19.2 Å². The second-order valence-electron chi connectivity index (χ2n) is 7.44. The highest BCUT2D eigenvalue weighted by atomic mass is 19.1. The minimum absolute atomic E-state index is 0.106. The molecule has 1 amide bonds. The molecule has 0 spiro atoms. The van der Waals surface area contributed by atoms with Gasteiger partial charge < -0.3 is 9.64 Å². The molecule has 2 heterocycles. The third kappa shape index (κ3) is 3.99. The number of aromatic nitrogens is 3. The predicted octanol–water partition coefficient (Wildman–Crippen LogP) is 4.37. The molecule has 0 bridgehead atoms. The monoisotopic (exact) mass is 418 g/mol. The molecule has 0 unspecified atom stereocenters. The lowest BCUT2D eigenvalue weighted by molar-refractivity contribution is -0.117. The number of benzene rings is 2. The summed E-state index contributed by atoms with van der Waals surface area (Å²) in [6.45, 7) is 3.88. The van der Waals surface area contributed by atoms with E-state index in [1.165, 1.54) is 17.0 Å². The maximum Gasteiger partial charge on any atom is 0.231 e. The van der Waals surface area contributed by atoms with Crippen molar-refractivity contribution >= 4 is 17.2 Å². The molecule has 6 nitrogen and oxygen atoms in total. The first-order valence-electron chi connectivity index (χ1n) is 9.90. The molecular formula is C24H23FN4O2. The van der Waals surface area contributed by atoms with Gasteiger partial charge in [-0.05, 0) is 68.4 Å². The van der Waals surface area contributed by atoms with Crippen LogP contribution in [0, 0.1) is 19.7 Å². The van der Waals surface area contributed by atoms with E-state index in [4.69, 9.17) is 9.84 Å². The Balaban J connectivity index is 1.78. The lowest BCUT2D eigenvalue weighted by Gasteiger charge is -2.17. The first-order valence-corrected chi connectivity index (χ1v) is 9.90. The van der Waals surface area contributed by atoms with Crippen molar-refractivity contribution in [2.24, 2.45) is 0 Å². The van der Waals surface area contributed by atoms with Gasteiger partial charge in [-0.2, -0.15) is 5.10 Å². The number of carbonyl (C=O) groups excluding carboxylic acids is 1. The number of aryl methyl sites for hydroxylation is 2. The number of ether oxygens (including phenoxy) is 1. The topological polar surface area (TPSA) is 59.7 Å². The Kier molecular flexibility index (Phi) is 5.42. The van der Waals surface area contributed by atoms with Gasteiger partial charge >= 0.3 is 0 Å². The Morgan fingerprint density at radius 1 is 1.10 bits per heavy atom. The normalized spacial score (nSPS) is 11.0. The molecular weight excluding hydrogens is 395 g/mol. The number of methoxy groups -OCH3 is 1. The van der Waals surface area contributed by atoms with E-state index >= 15 is 0 Å². The summed E-state index contributed by atoms with van der Waals surface area (Å²) in [5.74, 6) is 0.257. The number of rotatable bonds is 5. The zero-order valence-corrected chi connectivity index (χ0v) is 17.9. The summed E-state index contributed by atoms with van der Waals surface area (Å²) in [4.78, 5) is 19.3. The number of likely N-dealkylation sites (N-methyl/N-ethyl adjacent to an activating group) is 1. The summed E-state index contributed by atoms with van der Waals surface area (Å²) >= 11 is 0. The van der Waals surface area contributed by atoms with Crippen molar-refractivity contribution in [3.8, 4) is 17.0 Å². The average molecular weight is 418 g/mol. The Labute approximate surface area is 179 Å². The van der Waals surface area contributed by atoms with Crippen LogP contribution in [0.4, 0.5) is 10.1 Å². The number of hydrogen-bond donors (Lipinski definition) is 0. The van der Waals surface area contributed by atoms with E-state index in [-0.39, 0.29) is 18.1 Å². The van der Waals surface area contributed by atoms with Crippen LogP contribution < -0.4 is 9.64 Å². The summed E-state index contributed by atoms with van der Waals surface area (Å²) in [7, 11) is 3.30. The van der Waals surface area contributed by atoms with Crippen LogP contribution in [0.5, 0.6) is 5.75 Å². The van der Waals surface area contributed by atoms with E-state index in [0.717, 1.165) is 28.3 Å². The molecule has 0 fully saturated rings. The molecule has 0 saturated carbocycles. The van der Waals surface area contributed by atoms with Crippen molar-refractivity contribution < 1.29 is 13.9 Å². The Morgan fingerprint density at radius 3 is 2.42 bits per heavy atom. The zero-order chi connectivity index (χ0) is 22.1. The number of carbonyl (C=O) groups is 1. The van der Waals surface area contributed by atoms with E-state index in [2.05, 4.69) is 4.98 Å². The van der Waals surface area contributed by atoms with Gasteiger partial charge in [-0.1, -0.05) is 0 Å². The van der Waals surface area contributed by atoms with Crippen LogP contribution in [0.15, 0.2) is 54.6 Å². The maximum atomic E-state index is 13.3. The fourth-order valence-electron chi connectivity index (χ4n) is 3.59. The van der Waals surface area contributed by atoms with Crippen molar-refractivity contribution in [3.05, 3.63) is 77.4 Å². The number of fused-ring (bicyclic) bond motifs is 1. The van der Waals surface area contributed by atoms with Crippen LogP contribution in [0.2, 0.25) is 0 Å². The molecule has 0 aliphatic heterocycles. The molecule has 2 aromatic carbocycles. The second-order valence-corrected chi connectivity index (χ2v) is 7.44. The minimum atomic E-state index is -0.343. The van der Waals surface area contributed by atoms with Crippen molar-refractivity contribution in [1.82, 2.24) is 14.6 Å². The third-order valence-corrected chi connectivity index (χ3v) is 5.27. The molecule has 158 valence electrons. The molecule has 31 heavy (non-hydrogen) atoms. The van der Waals surface area contributed by atoms with Gasteiger partial charge in [0.15, 0.2) is 5.65 Å². The highest BCUT2D eigenvalue weighted by molar-refractivity contribution is 5.96. The lowest BCUT2D eigenvalue weighted by atomic mass is 10.0. The summed E-state index contributed by atoms with van der Waals surface area (Å²) in [5.41, 5.74) is 5.38. The molecule has 0 N–H and O–H groups in total. The molecule has 7 heteroatoms. The van der Waals surface area contributed by atoms with E-state index < -0.39 is 0 Å². The van der Waals surface area contributed by atoms with Gasteiger partial charge in [-0.3, -0.25) is 4.79 Å². The zero-order valence-electron chi connectivity index (χ0n) is 17.9. The van der Waals surface area contributed by atoms with E-state index in [0.29, 0.717) is 17.0 Å². The molecule has 0 radical (unpaired) electrons. The molecule has 0 aliphatic rings. The summed E-state index contributed by atoms with van der Waals surface area (Å²) in [5, 5.41) is 4.77. The van der Waals surface area contributed by atoms with Crippen molar-refractivity contribution in [2.75, 3.05) is 19.1 Å². The molecule has 2 aromatic heterocycles. The molecule has 0 atom stereocenters. The lowest BCUT2D eigenvalue weighted by Crippen LogP contribution is -2.28. The first-order chi connectivity index (χ1) is 14.9. The first kappa shape index (κ1) is 20.5. The largest absolute Gasteiger partial charge is 0.497 e. The van der Waals surface area contributed by atoms with Crippen LogP contribution >= 0.6 is 0 Å². The van der Waals surface area contributed by atoms with Crippen LogP contribution in [-0.4, -0.2) is 34.7 Å². The summed E-state index contributed by atoms with van der Waals surface area (Å²) in [6.07, 6.45) is 0.106. The summed E-state index contributed by atoms with van der Waals surface area (Å²) in [6, 6.07) is 15.4. The summed E-state index contributed by atoms with van der Waals surface area (Å²) < 4.78 is 20.3. The fraction of sp³-hybridized carbons (Fsp3) is 0.208. The molecule has 0 saturated heterocycles. The van der Waals surface area contributed by atoms with Crippen molar-refractivity contribution in [1.29, 1.82) is 0 Å². The number of amides is 1. The number of anilines is 1. The van der Waals surface area contributed by atoms with Crippen LogP contribution in [0.25, 0.3) is 16.9 Å². The minimum Gasteiger partial charge on any atom is -0.497 e. The number of halogens is 1. The van der Waals surface area contributed by atoms with Crippen LogP contribution in [-0.2, 0) is 11.2 Å². The van der Waals surface area contributed by atoms with Crippen molar-refractivity contribution in [3.63, 3.8) is 0 Å². The van der Waals surface area contributed by atoms with Gasteiger partial charge in [0, 0.05) is 35.2 Å². The molecule has 4 aromatic rings. The van der Waals surface area contributed by atoms with Crippen molar-refractivity contribution in [2.45, 2.75) is 20.3 Å². The van der Waals surface area contributed by atoms with Gasteiger partial charge in [0.1, 0.15) is 11.6 Å². The van der Waals surface area contributed by atoms with E-state index in [1.807, 2.05) is 44.2 Å². The Bertz CT molecular complexity index is 1250. The quantitative estimate of drug-likeness (QED) is 0.483. The SMILES string of the molecule is COc1ccc(-c2nn3c(C)cc(C)nc3c2CC(=O)N(C)c2ccc(F)cc2)cc1. The van der Waals surface area contributed by atoms with Gasteiger partial charge in [-0.15, -0.1) is 0 Å². The third-order valence-electron chi connectivity index (χ3n) is 5.27. The second kappa shape index (κ2) is 8.18. The Morgan fingerprint density at radius 2 is 1.77 bits per heavy atom. The highest BCUT2D eigenvalue weighted by Crippen LogP contribution is 2.29. The van der Waals surface area contributed by atoms with E-state index in [1.54, 1.807) is 30.8 Å². The standard InChI is InChI=1S/C24H23FN4O2/c1-15-13-16(2)29-24(26-15)21(23(27-29)17-5-11-20(31-4)12-6-17)14-22(30)28(3)19-9-7-18(25)8-10-19/h5-13H,14H2,1-4H3. The Hall–Kier alpha value is -3.74. The smallest absolute Gasteiger partial charge is 0.231 e. The van der Waals surface area contributed by atoms with E-state index in [9.17, 15) is 9.18 Å². The molecule has 0 aliphatic carbocycles. The number of hydrogen-bond acceptors (Lipinski definition) is 4. The maximum absolute atomic E-state index is 13.3. The van der Waals surface area contributed by atoms with Gasteiger partial charge in [-0.25, -0.2) is 13.9 Å². The predicted molar refractivity (Wildman–Crippen MR) is 118 cm³/mol. The van der Waals surface area contributed by atoms with Crippen LogP contribution in [0.1, 0.15) is 17.0 Å². The fourth-order valence-corrected chi connectivity index (χ4v) is 3.59.